The van der Waals surface area contributed by atoms with Crippen molar-refractivity contribution >= 4 is 0 Å². The fourth-order valence-electron chi connectivity index (χ4n) is 1.06. The molecule has 0 fully saturated rings. The first-order valence-corrected chi connectivity index (χ1v) is 4.26. The summed E-state index contributed by atoms with van der Waals surface area (Å²) in [5, 5.41) is 11.2. The molecule has 0 aliphatic carbocycles. The Labute approximate surface area is 77.1 Å². The molecular weight excluding hydrogens is 170 g/mol. The average molecular weight is 185 g/mol. The SMILES string of the molecule is COCCCn1nnnc1C(C)N. The Hall–Kier alpha value is -1.01. The predicted molar refractivity (Wildman–Crippen MR) is 46.9 cm³/mol. The van der Waals surface area contributed by atoms with Crippen molar-refractivity contribution in [1.82, 2.24) is 20.2 Å². The zero-order valence-electron chi connectivity index (χ0n) is 7.97. The maximum Gasteiger partial charge on any atom is 0.167 e. The molecule has 0 radical (unpaired) electrons. The highest BCUT2D eigenvalue weighted by atomic mass is 16.5. The van der Waals surface area contributed by atoms with Crippen LogP contribution in [0.1, 0.15) is 25.2 Å². The van der Waals surface area contributed by atoms with E-state index in [9.17, 15) is 0 Å². The molecule has 0 saturated carbocycles. The van der Waals surface area contributed by atoms with Gasteiger partial charge in [0, 0.05) is 20.3 Å². The predicted octanol–water partition coefficient (Wildman–Crippen LogP) is -0.271. The van der Waals surface area contributed by atoms with Gasteiger partial charge in [0.2, 0.25) is 0 Å². The van der Waals surface area contributed by atoms with E-state index in [1.807, 2.05) is 6.92 Å². The molecule has 0 saturated heterocycles. The van der Waals surface area contributed by atoms with Crippen molar-refractivity contribution in [2.75, 3.05) is 13.7 Å². The third kappa shape index (κ3) is 2.74. The van der Waals surface area contributed by atoms with E-state index in [1.165, 1.54) is 0 Å². The molecule has 13 heavy (non-hydrogen) atoms. The number of methoxy groups -OCH3 is 1. The standard InChI is InChI=1S/C7H15N5O/c1-6(8)7-9-10-11-12(7)4-3-5-13-2/h6H,3-5,8H2,1-2H3. The van der Waals surface area contributed by atoms with Crippen LogP contribution < -0.4 is 5.73 Å². The number of aryl methyl sites for hydroxylation is 1. The zero-order chi connectivity index (χ0) is 9.68. The summed E-state index contributed by atoms with van der Waals surface area (Å²) in [6.07, 6.45) is 0.890. The Bertz CT molecular complexity index is 247. The van der Waals surface area contributed by atoms with Crippen LogP contribution in [0.2, 0.25) is 0 Å². The van der Waals surface area contributed by atoms with Crippen LogP contribution in [0.5, 0.6) is 0 Å². The summed E-state index contributed by atoms with van der Waals surface area (Å²) >= 11 is 0. The summed E-state index contributed by atoms with van der Waals surface area (Å²) < 4.78 is 6.64. The van der Waals surface area contributed by atoms with Crippen molar-refractivity contribution in [2.24, 2.45) is 5.73 Å². The van der Waals surface area contributed by atoms with Gasteiger partial charge in [-0.05, 0) is 23.8 Å². The Morgan fingerprint density at radius 3 is 3.00 bits per heavy atom. The van der Waals surface area contributed by atoms with E-state index in [4.69, 9.17) is 10.5 Å². The molecule has 1 atom stereocenters. The normalized spacial score (nSPS) is 13.2. The number of rotatable bonds is 5. The van der Waals surface area contributed by atoms with E-state index >= 15 is 0 Å². The second-order valence-electron chi connectivity index (χ2n) is 2.90. The maximum atomic E-state index is 5.67. The Morgan fingerprint density at radius 2 is 2.38 bits per heavy atom. The molecule has 74 valence electrons. The van der Waals surface area contributed by atoms with Crippen LogP contribution in [-0.4, -0.2) is 33.9 Å². The minimum Gasteiger partial charge on any atom is -0.385 e. The summed E-state index contributed by atoms with van der Waals surface area (Å²) in [7, 11) is 1.67. The molecule has 0 aromatic carbocycles. The lowest BCUT2D eigenvalue weighted by atomic mass is 10.3. The van der Waals surface area contributed by atoms with Gasteiger partial charge in [0.05, 0.1) is 6.04 Å². The average Bonchev–Trinajstić information content (AvgIpc) is 2.53. The Kier molecular flexibility index (Phi) is 3.78. The van der Waals surface area contributed by atoms with Crippen LogP contribution in [0.15, 0.2) is 0 Å². The minimum atomic E-state index is -0.127. The van der Waals surface area contributed by atoms with Crippen molar-refractivity contribution in [2.45, 2.75) is 25.9 Å². The topological polar surface area (TPSA) is 78.8 Å². The summed E-state index contributed by atoms with van der Waals surface area (Å²) in [5.74, 6) is 0.719. The van der Waals surface area contributed by atoms with Crippen molar-refractivity contribution < 1.29 is 4.74 Å². The summed E-state index contributed by atoms with van der Waals surface area (Å²) in [6.45, 7) is 3.31. The first-order valence-electron chi connectivity index (χ1n) is 4.26. The third-order valence-corrected chi connectivity index (χ3v) is 1.69. The third-order valence-electron chi connectivity index (χ3n) is 1.69. The number of hydrogen-bond donors (Lipinski definition) is 1. The van der Waals surface area contributed by atoms with Crippen molar-refractivity contribution in [3.63, 3.8) is 0 Å². The lowest BCUT2D eigenvalue weighted by Gasteiger charge is -2.05. The summed E-state index contributed by atoms with van der Waals surface area (Å²) in [5.41, 5.74) is 5.67. The Morgan fingerprint density at radius 1 is 1.62 bits per heavy atom. The van der Waals surface area contributed by atoms with Crippen molar-refractivity contribution in [3.8, 4) is 0 Å². The largest absolute Gasteiger partial charge is 0.385 e. The first-order chi connectivity index (χ1) is 6.25. The van der Waals surface area contributed by atoms with E-state index in [0.717, 1.165) is 18.8 Å². The number of nitrogens with two attached hydrogens (primary N) is 1. The highest BCUT2D eigenvalue weighted by Crippen LogP contribution is 2.03. The van der Waals surface area contributed by atoms with Gasteiger partial charge in [-0.15, -0.1) is 5.10 Å². The van der Waals surface area contributed by atoms with Gasteiger partial charge in [-0.1, -0.05) is 0 Å². The Balaban J connectivity index is 2.50. The zero-order valence-corrected chi connectivity index (χ0v) is 7.97. The number of ether oxygens (including phenoxy) is 1. The molecule has 1 rings (SSSR count). The van der Waals surface area contributed by atoms with E-state index in [2.05, 4.69) is 15.5 Å². The smallest absolute Gasteiger partial charge is 0.167 e. The van der Waals surface area contributed by atoms with Gasteiger partial charge in [0.15, 0.2) is 5.82 Å². The van der Waals surface area contributed by atoms with Gasteiger partial charge in [-0.25, -0.2) is 4.68 Å². The maximum absolute atomic E-state index is 5.67. The summed E-state index contributed by atoms with van der Waals surface area (Å²) in [6, 6.07) is -0.127. The number of hydrogen-bond acceptors (Lipinski definition) is 5. The monoisotopic (exact) mass is 185 g/mol. The summed E-state index contributed by atoms with van der Waals surface area (Å²) in [4.78, 5) is 0. The van der Waals surface area contributed by atoms with Gasteiger partial charge in [0.1, 0.15) is 0 Å². The quantitative estimate of drug-likeness (QED) is 0.639. The first kappa shape index (κ1) is 10.1. The molecular formula is C7H15N5O. The van der Waals surface area contributed by atoms with E-state index in [-0.39, 0.29) is 6.04 Å². The van der Waals surface area contributed by atoms with Crippen molar-refractivity contribution in [3.05, 3.63) is 5.82 Å². The van der Waals surface area contributed by atoms with Crippen LogP contribution in [0, 0.1) is 0 Å². The number of aromatic nitrogens is 4. The molecule has 0 bridgehead atoms. The molecule has 1 heterocycles. The fourth-order valence-corrected chi connectivity index (χ4v) is 1.06. The second-order valence-corrected chi connectivity index (χ2v) is 2.90. The van der Waals surface area contributed by atoms with E-state index < -0.39 is 0 Å². The van der Waals surface area contributed by atoms with Gasteiger partial charge in [0.25, 0.3) is 0 Å². The van der Waals surface area contributed by atoms with Crippen molar-refractivity contribution in [1.29, 1.82) is 0 Å². The highest BCUT2D eigenvalue weighted by Gasteiger charge is 2.09. The molecule has 0 amide bonds. The molecule has 1 aromatic heterocycles. The fraction of sp³-hybridized carbons (Fsp3) is 0.857. The molecule has 1 aromatic rings. The lowest BCUT2D eigenvalue weighted by molar-refractivity contribution is 0.188. The highest BCUT2D eigenvalue weighted by molar-refractivity contribution is 4.86. The van der Waals surface area contributed by atoms with Crippen LogP contribution in [-0.2, 0) is 11.3 Å². The van der Waals surface area contributed by atoms with Gasteiger partial charge < -0.3 is 10.5 Å². The molecule has 2 N–H and O–H groups in total. The molecule has 0 aliphatic heterocycles. The van der Waals surface area contributed by atoms with Crippen LogP contribution in [0.3, 0.4) is 0 Å². The van der Waals surface area contributed by atoms with E-state index in [0.29, 0.717) is 6.61 Å². The lowest BCUT2D eigenvalue weighted by Crippen LogP contribution is -2.15. The molecule has 6 heteroatoms. The van der Waals surface area contributed by atoms with Gasteiger partial charge in [-0.2, -0.15) is 0 Å². The molecule has 1 unspecified atom stereocenters. The van der Waals surface area contributed by atoms with Gasteiger partial charge >= 0.3 is 0 Å². The second kappa shape index (κ2) is 4.88. The van der Waals surface area contributed by atoms with Crippen LogP contribution in [0.4, 0.5) is 0 Å². The number of tetrazole rings is 1. The molecule has 0 spiro atoms. The van der Waals surface area contributed by atoms with Crippen LogP contribution >= 0.6 is 0 Å². The van der Waals surface area contributed by atoms with E-state index in [1.54, 1.807) is 11.8 Å². The minimum absolute atomic E-state index is 0.127. The number of nitrogens with zero attached hydrogens (tertiary/aromatic N) is 4. The molecule has 6 nitrogen and oxygen atoms in total. The van der Waals surface area contributed by atoms with Gasteiger partial charge in [-0.3, -0.25) is 0 Å². The molecule has 0 aliphatic rings. The van der Waals surface area contributed by atoms with Crippen LogP contribution in [0.25, 0.3) is 0 Å².